The first-order valence-corrected chi connectivity index (χ1v) is 6.07. The summed E-state index contributed by atoms with van der Waals surface area (Å²) in [7, 11) is 1.92. The number of anilines is 1. The van der Waals surface area contributed by atoms with Crippen LogP contribution in [0.25, 0.3) is 0 Å². The number of terminal acetylenes is 1. The molecule has 0 aliphatic heterocycles. The van der Waals surface area contributed by atoms with E-state index in [1.165, 1.54) is 0 Å². The van der Waals surface area contributed by atoms with Gasteiger partial charge in [-0.1, -0.05) is 24.4 Å². The zero-order valence-corrected chi connectivity index (χ0v) is 11.1. The lowest BCUT2D eigenvalue weighted by Crippen LogP contribution is -2.20. The van der Waals surface area contributed by atoms with Crippen LogP contribution in [0.1, 0.15) is 19.0 Å². The summed E-state index contributed by atoms with van der Waals surface area (Å²) < 4.78 is 0. The third-order valence-electron chi connectivity index (χ3n) is 2.34. The highest BCUT2D eigenvalue weighted by molar-refractivity contribution is 6.31. The van der Waals surface area contributed by atoms with E-state index in [9.17, 15) is 0 Å². The van der Waals surface area contributed by atoms with Crippen molar-refractivity contribution in [2.45, 2.75) is 19.9 Å². The van der Waals surface area contributed by atoms with E-state index in [4.69, 9.17) is 18.0 Å². The van der Waals surface area contributed by atoms with Crippen molar-refractivity contribution >= 4 is 17.4 Å². The van der Waals surface area contributed by atoms with Gasteiger partial charge in [-0.2, -0.15) is 0 Å². The Bertz CT molecular complexity index is 398. The predicted molar refractivity (Wildman–Crippen MR) is 73.3 cm³/mol. The summed E-state index contributed by atoms with van der Waals surface area (Å²) in [6.07, 6.45) is 6.37. The van der Waals surface area contributed by atoms with Crippen LogP contribution in [0.2, 0.25) is 5.02 Å². The number of nitrogens with zero attached hydrogens (tertiary/aromatic N) is 2. The van der Waals surface area contributed by atoms with Gasteiger partial charge in [0.15, 0.2) is 0 Å². The highest BCUT2D eigenvalue weighted by Crippen LogP contribution is 2.18. The maximum absolute atomic E-state index is 6.10. The molecule has 4 heteroatoms. The molecule has 0 unspecified atom stereocenters. The van der Waals surface area contributed by atoms with E-state index < -0.39 is 0 Å². The molecule has 92 valence electrons. The molecule has 3 nitrogen and oxygen atoms in total. The zero-order valence-electron chi connectivity index (χ0n) is 10.3. The van der Waals surface area contributed by atoms with Gasteiger partial charge < -0.3 is 10.2 Å². The highest BCUT2D eigenvalue weighted by Gasteiger charge is 2.06. The van der Waals surface area contributed by atoms with Gasteiger partial charge >= 0.3 is 0 Å². The van der Waals surface area contributed by atoms with Crippen molar-refractivity contribution in [3.05, 3.63) is 22.8 Å². The van der Waals surface area contributed by atoms with Crippen LogP contribution in [0.5, 0.6) is 0 Å². The third kappa shape index (κ3) is 4.26. The lowest BCUT2D eigenvalue weighted by Gasteiger charge is -2.16. The minimum absolute atomic E-state index is 0.538. The average Bonchev–Trinajstić information content (AvgIpc) is 2.32. The minimum Gasteiger partial charge on any atom is -0.349 e. The molecule has 0 saturated heterocycles. The van der Waals surface area contributed by atoms with Crippen LogP contribution < -0.4 is 10.2 Å². The third-order valence-corrected chi connectivity index (χ3v) is 2.69. The van der Waals surface area contributed by atoms with Crippen molar-refractivity contribution in [3.63, 3.8) is 0 Å². The van der Waals surface area contributed by atoms with Gasteiger partial charge in [-0.05, 0) is 25.1 Å². The Morgan fingerprint density at radius 1 is 1.53 bits per heavy atom. The molecule has 0 aliphatic carbocycles. The van der Waals surface area contributed by atoms with Gasteiger partial charge in [0.1, 0.15) is 5.82 Å². The first-order chi connectivity index (χ1) is 8.19. The quantitative estimate of drug-likeness (QED) is 0.621. The molecule has 0 bridgehead atoms. The maximum Gasteiger partial charge on any atom is 0.129 e. The van der Waals surface area contributed by atoms with Gasteiger partial charge in [-0.3, -0.25) is 0 Å². The number of rotatable bonds is 6. The van der Waals surface area contributed by atoms with Gasteiger partial charge in [0.2, 0.25) is 0 Å². The SMILES string of the molecule is C#CCN(C)c1ccc(Cl)c(CNCCC)n1. The Kier molecular flexibility index (Phi) is 5.82. The number of halogens is 1. The fraction of sp³-hybridized carbons (Fsp3) is 0.462. The molecule has 1 heterocycles. The molecule has 0 radical (unpaired) electrons. The first-order valence-electron chi connectivity index (χ1n) is 5.69. The zero-order chi connectivity index (χ0) is 12.7. The van der Waals surface area contributed by atoms with Crippen LogP contribution in [0.3, 0.4) is 0 Å². The molecular formula is C13H18ClN3. The lowest BCUT2D eigenvalue weighted by molar-refractivity contribution is 0.664. The average molecular weight is 252 g/mol. The first kappa shape index (κ1) is 13.8. The van der Waals surface area contributed by atoms with Crippen LogP contribution in [0, 0.1) is 12.3 Å². The summed E-state index contributed by atoms with van der Waals surface area (Å²) in [4.78, 5) is 6.41. The number of aromatic nitrogens is 1. The van der Waals surface area contributed by atoms with Crippen molar-refractivity contribution in [2.24, 2.45) is 0 Å². The largest absolute Gasteiger partial charge is 0.349 e. The molecule has 1 N–H and O–H groups in total. The van der Waals surface area contributed by atoms with Gasteiger partial charge in [0.05, 0.1) is 17.3 Å². The fourth-order valence-corrected chi connectivity index (χ4v) is 1.58. The van der Waals surface area contributed by atoms with E-state index in [-0.39, 0.29) is 0 Å². The number of hydrogen-bond donors (Lipinski definition) is 1. The Morgan fingerprint density at radius 2 is 2.29 bits per heavy atom. The molecule has 1 aromatic rings. The predicted octanol–water partition coefficient (Wildman–Crippen LogP) is 2.30. The van der Waals surface area contributed by atoms with E-state index >= 15 is 0 Å². The molecule has 0 fully saturated rings. The maximum atomic E-state index is 6.10. The summed E-state index contributed by atoms with van der Waals surface area (Å²) in [5.74, 6) is 3.44. The van der Waals surface area contributed by atoms with Crippen molar-refractivity contribution in [3.8, 4) is 12.3 Å². The molecule has 0 saturated carbocycles. The number of hydrogen-bond acceptors (Lipinski definition) is 3. The van der Waals surface area contributed by atoms with E-state index in [0.29, 0.717) is 18.1 Å². The van der Waals surface area contributed by atoms with Gasteiger partial charge in [-0.25, -0.2) is 4.98 Å². The monoisotopic (exact) mass is 251 g/mol. The van der Waals surface area contributed by atoms with Crippen LogP contribution in [0.4, 0.5) is 5.82 Å². The van der Waals surface area contributed by atoms with Crippen molar-refractivity contribution in [1.29, 1.82) is 0 Å². The number of nitrogens with one attached hydrogen (secondary N) is 1. The van der Waals surface area contributed by atoms with E-state index in [2.05, 4.69) is 23.1 Å². The lowest BCUT2D eigenvalue weighted by atomic mass is 10.3. The minimum atomic E-state index is 0.538. The molecular weight excluding hydrogens is 234 g/mol. The van der Waals surface area contributed by atoms with Gasteiger partial charge in [0.25, 0.3) is 0 Å². The second-order valence-corrected chi connectivity index (χ2v) is 4.24. The van der Waals surface area contributed by atoms with E-state index in [0.717, 1.165) is 24.5 Å². The molecule has 1 aromatic heterocycles. The Morgan fingerprint density at radius 3 is 2.94 bits per heavy atom. The topological polar surface area (TPSA) is 28.2 Å². The van der Waals surface area contributed by atoms with E-state index in [1.807, 2.05) is 24.1 Å². The summed E-state index contributed by atoms with van der Waals surface area (Å²) >= 11 is 6.10. The molecule has 0 atom stereocenters. The Labute approximate surface area is 108 Å². The van der Waals surface area contributed by atoms with Crippen molar-refractivity contribution < 1.29 is 0 Å². The standard InChI is InChI=1S/C13H18ClN3/c1-4-8-15-10-12-11(14)6-7-13(16-12)17(3)9-5-2/h2,6-7,15H,4,8-10H2,1,3H3. The van der Waals surface area contributed by atoms with Crippen molar-refractivity contribution in [2.75, 3.05) is 25.0 Å². The van der Waals surface area contributed by atoms with Crippen LogP contribution >= 0.6 is 11.6 Å². The molecule has 0 amide bonds. The van der Waals surface area contributed by atoms with Gasteiger partial charge in [0, 0.05) is 13.6 Å². The molecule has 0 spiro atoms. The second kappa shape index (κ2) is 7.16. The van der Waals surface area contributed by atoms with Gasteiger partial charge in [-0.15, -0.1) is 6.42 Å². The molecule has 17 heavy (non-hydrogen) atoms. The molecule has 0 aliphatic rings. The number of pyridine rings is 1. The van der Waals surface area contributed by atoms with Crippen LogP contribution in [0.15, 0.2) is 12.1 Å². The summed E-state index contributed by atoms with van der Waals surface area (Å²) in [5.41, 5.74) is 0.862. The normalized spacial score (nSPS) is 10.0. The molecule has 0 aromatic carbocycles. The van der Waals surface area contributed by atoms with Crippen molar-refractivity contribution in [1.82, 2.24) is 10.3 Å². The summed E-state index contributed by atoms with van der Waals surface area (Å²) in [5, 5.41) is 3.97. The highest BCUT2D eigenvalue weighted by atomic mass is 35.5. The van der Waals surface area contributed by atoms with Crippen LogP contribution in [-0.4, -0.2) is 25.1 Å². The molecule has 1 rings (SSSR count). The van der Waals surface area contributed by atoms with Crippen LogP contribution in [-0.2, 0) is 6.54 Å². The fourth-order valence-electron chi connectivity index (χ4n) is 1.41. The smallest absolute Gasteiger partial charge is 0.129 e. The summed E-state index contributed by atoms with van der Waals surface area (Å²) in [6.45, 7) is 4.31. The Balaban J connectivity index is 2.76. The Hall–Kier alpha value is -1.24. The summed E-state index contributed by atoms with van der Waals surface area (Å²) in [6, 6.07) is 3.74. The van der Waals surface area contributed by atoms with E-state index in [1.54, 1.807) is 0 Å². The second-order valence-electron chi connectivity index (χ2n) is 3.83.